The van der Waals surface area contributed by atoms with Crippen molar-refractivity contribution in [2.75, 3.05) is 0 Å². The topological polar surface area (TPSA) is 208 Å². The number of hydrogen-bond acceptors (Lipinski definition) is 12. The minimum atomic E-state index is -0.0115. The highest BCUT2D eigenvalue weighted by Crippen LogP contribution is 2.32. The number of carbonyl (C=O) groups excluding carboxylic acids is 8. The number of aryl methyl sites for hydroxylation is 5. The number of hydrogen-bond donors (Lipinski definition) is 0. The number of ketones is 8. The third-order valence-electron chi connectivity index (χ3n) is 17.8. The largest absolute Gasteiger partial charge is 0.331 e. The van der Waals surface area contributed by atoms with Crippen molar-refractivity contribution >= 4 is 79.4 Å². The van der Waals surface area contributed by atoms with Crippen LogP contribution < -0.4 is 0 Å². The predicted octanol–water partition coefficient (Wildman–Crippen LogP) is 13.2. The molecule has 16 heteroatoms. The smallest absolute Gasteiger partial charge is 0.185 e. The van der Waals surface area contributed by atoms with Gasteiger partial charge in [-0.05, 0) is 177 Å². The summed E-state index contributed by atoms with van der Waals surface area (Å²) in [5.74, 6) is 1.05. The number of aromatic nitrogens is 8. The lowest BCUT2D eigenvalue weighted by Gasteiger charge is -2.18. The van der Waals surface area contributed by atoms with Crippen molar-refractivity contribution in [3.63, 3.8) is 0 Å². The van der Waals surface area contributed by atoms with Gasteiger partial charge in [-0.1, -0.05) is 36.4 Å². The Morgan fingerprint density at radius 1 is 0.330 bits per heavy atom. The van der Waals surface area contributed by atoms with Gasteiger partial charge in [0.1, 0.15) is 5.82 Å². The van der Waals surface area contributed by atoms with Crippen molar-refractivity contribution in [1.82, 2.24) is 38.4 Å². The number of benzene rings is 3. The molecule has 0 amide bonds. The summed E-state index contributed by atoms with van der Waals surface area (Å²) in [5, 5.41) is 4.12. The second kappa shape index (κ2) is 27.9. The zero-order valence-electron chi connectivity index (χ0n) is 52.9. The molecule has 4 aromatic heterocycles. The Hall–Kier alpha value is -9.44. The third-order valence-corrected chi connectivity index (χ3v) is 17.8. The van der Waals surface area contributed by atoms with E-state index in [9.17, 15) is 38.4 Å². The molecular formula is C72H78N8O8. The van der Waals surface area contributed by atoms with E-state index in [0.717, 1.165) is 77.8 Å². The van der Waals surface area contributed by atoms with Gasteiger partial charge in [-0.25, -0.2) is 15.0 Å². The van der Waals surface area contributed by atoms with Crippen LogP contribution in [0.4, 0.5) is 0 Å². The van der Waals surface area contributed by atoms with Crippen molar-refractivity contribution in [2.24, 2.45) is 0 Å². The van der Waals surface area contributed by atoms with Crippen LogP contribution in [0.15, 0.2) is 193 Å². The van der Waals surface area contributed by atoms with E-state index in [1.807, 2.05) is 101 Å². The van der Waals surface area contributed by atoms with E-state index in [2.05, 4.69) is 35.3 Å². The molecule has 0 saturated carbocycles. The molecule has 0 aliphatic heterocycles. The summed E-state index contributed by atoms with van der Waals surface area (Å²) in [6, 6.07) is 25.8. The van der Waals surface area contributed by atoms with Gasteiger partial charge in [-0.2, -0.15) is 5.10 Å². The monoisotopic (exact) mass is 1180 g/mol. The summed E-state index contributed by atoms with van der Waals surface area (Å²) < 4.78 is 8.12. The lowest BCUT2D eigenvalue weighted by Crippen LogP contribution is -2.21. The normalized spacial score (nSPS) is 16.1. The number of nitrogens with zero attached hydrogens (tertiary/aromatic N) is 8. The molecule has 11 rings (SSSR count). The fourth-order valence-electron chi connectivity index (χ4n) is 11.6. The Labute approximate surface area is 513 Å². The van der Waals surface area contributed by atoms with Gasteiger partial charge in [0.05, 0.1) is 45.8 Å². The first-order valence-corrected chi connectivity index (χ1v) is 30.0. The number of allylic oxidation sites excluding steroid dienone is 16. The van der Waals surface area contributed by atoms with Gasteiger partial charge in [0.2, 0.25) is 0 Å². The highest BCUT2D eigenvalue weighted by Gasteiger charge is 2.31. The van der Waals surface area contributed by atoms with Crippen molar-refractivity contribution in [3.8, 4) is 0 Å². The molecule has 0 radical (unpaired) electrons. The molecule has 16 nitrogen and oxygen atoms in total. The Kier molecular flexibility index (Phi) is 20.5. The number of Topliss-reactive ketones (excluding diaryl/α,β-unsaturated/α-hetero) is 8. The van der Waals surface area contributed by atoms with Crippen LogP contribution in [0.3, 0.4) is 0 Å². The maximum Gasteiger partial charge on any atom is 0.185 e. The van der Waals surface area contributed by atoms with E-state index in [-0.39, 0.29) is 46.3 Å². The Bertz CT molecular complexity index is 4300. The molecule has 3 aromatic carbocycles. The third kappa shape index (κ3) is 13.6. The van der Waals surface area contributed by atoms with E-state index in [1.54, 1.807) is 95.6 Å². The van der Waals surface area contributed by atoms with Crippen LogP contribution in [0.25, 0.3) is 33.1 Å². The van der Waals surface area contributed by atoms with Crippen LogP contribution >= 0.6 is 0 Å². The molecule has 454 valence electrons. The van der Waals surface area contributed by atoms with Crippen molar-refractivity contribution < 1.29 is 38.4 Å². The number of rotatable bonds is 15. The number of para-hydroxylation sites is 6. The van der Waals surface area contributed by atoms with Crippen LogP contribution in [0.5, 0.6) is 0 Å². The molecule has 0 unspecified atom stereocenters. The molecule has 0 spiro atoms. The van der Waals surface area contributed by atoms with Gasteiger partial charge in [0.25, 0.3) is 0 Å². The minimum Gasteiger partial charge on any atom is -0.331 e. The average Bonchev–Trinajstić information content (AvgIpc) is 3.50. The van der Waals surface area contributed by atoms with E-state index in [1.165, 1.54) is 0 Å². The second-order valence-electron chi connectivity index (χ2n) is 23.0. The van der Waals surface area contributed by atoms with Gasteiger partial charge in [-0.15, -0.1) is 0 Å². The first-order valence-electron chi connectivity index (χ1n) is 30.0. The van der Waals surface area contributed by atoms with Crippen molar-refractivity contribution in [1.29, 1.82) is 0 Å². The molecule has 0 bridgehead atoms. The predicted molar refractivity (Wildman–Crippen MR) is 343 cm³/mol. The quantitative estimate of drug-likeness (QED) is 0.0879. The molecule has 4 aliphatic carbocycles. The molecule has 0 saturated heterocycles. The molecule has 0 N–H and O–H groups in total. The van der Waals surface area contributed by atoms with Gasteiger partial charge in [0, 0.05) is 128 Å². The van der Waals surface area contributed by atoms with Crippen LogP contribution in [0.1, 0.15) is 134 Å². The maximum absolute atomic E-state index is 12.5. The summed E-state index contributed by atoms with van der Waals surface area (Å²) in [5.41, 5.74) is 15.8. The van der Waals surface area contributed by atoms with E-state index >= 15 is 0 Å². The lowest BCUT2D eigenvalue weighted by atomic mass is 9.84. The van der Waals surface area contributed by atoms with Crippen molar-refractivity contribution in [3.05, 3.63) is 199 Å². The summed E-state index contributed by atoms with van der Waals surface area (Å²) in [6.07, 6.45) is 12.1. The SMILES string of the molecule is CC1=C(C)C(=O)C(CCCn2c(C)nc3ccccc32)=C(C)C1=O.CC1=C(C)C(=O)C(CCCn2cccn2)=C(C)C1=O.CC1=C(C)C(=O)C(CCCn2cnc3ccccc32)=C(C)C1=O.CC1=C(C)C(=O)C(CCn2cnc3ccccc32)=C(C)C1=O. The fraction of sp³-hybridized carbons (Fsp3) is 0.333. The summed E-state index contributed by atoms with van der Waals surface area (Å²) >= 11 is 0. The number of imidazole rings is 3. The highest BCUT2D eigenvalue weighted by molar-refractivity contribution is 6.27. The van der Waals surface area contributed by atoms with Gasteiger partial charge >= 0.3 is 0 Å². The molecule has 0 atom stereocenters. The molecular weight excluding hydrogens is 1100 g/mol. The Balaban J connectivity index is 0.000000152. The van der Waals surface area contributed by atoms with Gasteiger partial charge < -0.3 is 13.7 Å². The molecule has 4 aliphatic rings. The van der Waals surface area contributed by atoms with Crippen LogP contribution in [0.2, 0.25) is 0 Å². The zero-order chi connectivity index (χ0) is 63.8. The summed E-state index contributed by atoms with van der Waals surface area (Å²) in [4.78, 5) is 111. The standard InChI is InChI=1S/C20H22N2O2.C19H20N2O2.C18H18N2O2.C15H18N2O2/c1-12-13(2)20(24)16(14(3)19(12)23)8-7-11-22-15(4)21-17-9-5-6-10-18(17)22;1-12-13(2)19(23)15(14(3)18(12)22)7-6-10-21-11-20-16-8-4-5-9-17(16)21;1-11-12(2)18(22)14(13(3)17(11)21)8-9-20-10-19-15-6-4-5-7-16(15)20;1-10-11(2)15(19)13(12(3)14(10)18)6-4-8-17-9-5-7-16-17/h5-6,9-10H,7-8,11H2,1-4H3;4-5,8-9,11H,6-7,10H2,1-3H3;4-7,10H,8-9H2,1-3H3;5,7,9H,4,6,8H2,1-3H3. The summed E-state index contributed by atoms with van der Waals surface area (Å²) in [6.45, 7) is 25.8. The first kappa shape index (κ1) is 64.6. The van der Waals surface area contributed by atoms with Crippen LogP contribution in [0, 0.1) is 6.92 Å². The van der Waals surface area contributed by atoms with Gasteiger partial charge in [0.15, 0.2) is 46.3 Å². The molecule has 88 heavy (non-hydrogen) atoms. The van der Waals surface area contributed by atoms with Crippen LogP contribution in [-0.2, 0) is 64.5 Å². The lowest BCUT2D eigenvalue weighted by molar-refractivity contribution is -0.116. The zero-order valence-corrected chi connectivity index (χ0v) is 52.9. The fourth-order valence-corrected chi connectivity index (χ4v) is 11.6. The van der Waals surface area contributed by atoms with Gasteiger partial charge in [-0.3, -0.25) is 43.0 Å². The maximum atomic E-state index is 12.5. The van der Waals surface area contributed by atoms with E-state index < -0.39 is 0 Å². The van der Waals surface area contributed by atoms with E-state index in [4.69, 9.17) is 0 Å². The first-order chi connectivity index (χ1) is 41.9. The average molecular weight is 1180 g/mol. The van der Waals surface area contributed by atoms with E-state index in [0.29, 0.717) is 121 Å². The molecule has 7 aromatic rings. The second-order valence-corrected chi connectivity index (χ2v) is 23.0. The van der Waals surface area contributed by atoms with Crippen LogP contribution in [-0.4, -0.2) is 84.7 Å². The molecule has 4 heterocycles. The number of fused-ring (bicyclic) bond motifs is 3. The Morgan fingerprint density at radius 2 is 0.670 bits per heavy atom. The minimum absolute atomic E-state index is 0.000907. The summed E-state index contributed by atoms with van der Waals surface area (Å²) in [7, 11) is 0. The highest BCUT2D eigenvalue weighted by atomic mass is 16.2. The number of carbonyl (C=O) groups is 8. The van der Waals surface area contributed by atoms with Crippen molar-refractivity contribution in [2.45, 2.75) is 161 Å². The molecule has 0 fully saturated rings. The Morgan fingerprint density at radius 3 is 1.08 bits per heavy atom.